The molecule has 0 aliphatic heterocycles. The molecule has 0 spiro atoms. The second-order valence-corrected chi connectivity index (χ2v) is 3.70. The van der Waals surface area contributed by atoms with E-state index in [4.69, 9.17) is 4.74 Å². The van der Waals surface area contributed by atoms with Gasteiger partial charge in [0.1, 0.15) is 0 Å². The summed E-state index contributed by atoms with van der Waals surface area (Å²) in [6.07, 6.45) is 4.58. The number of carbonyl (C=O) groups is 1. The van der Waals surface area contributed by atoms with Crippen LogP contribution in [0.3, 0.4) is 0 Å². The van der Waals surface area contributed by atoms with Gasteiger partial charge in [0, 0.05) is 23.7 Å². The van der Waals surface area contributed by atoms with E-state index in [-0.39, 0.29) is 5.43 Å². The van der Waals surface area contributed by atoms with Gasteiger partial charge in [-0.3, -0.25) is 4.79 Å². The minimum Gasteiger partial charge on any atom is -0.463 e. The third kappa shape index (κ3) is 2.48. The first-order valence-corrected chi connectivity index (χ1v) is 5.67. The summed E-state index contributed by atoms with van der Waals surface area (Å²) in [5.41, 5.74) is 1.44. The predicted molar refractivity (Wildman–Crippen MR) is 70.2 cm³/mol. The average molecular weight is 243 g/mol. The number of fused-ring (bicyclic) bond motifs is 1. The van der Waals surface area contributed by atoms with Gasteiger partial charge in [-0.1, -0.05) is 12.1 Å². The van der Waals surface area contributed by atoms with Gasteiger partial charge in [0.15, 0.2) is 5.43 Å². The van der Waals surface area contributed by atoms with E-state index < -0.39 is 5.97 Å². The van der Waals surface area contributed by atoms with Crippen molar-refractivity contribution in [1.29, 1.82) is 0 Å². The zero-order valence-electron chi connectivity index (χ0n) is 9.97. The Balaban J connectivity index is 2.43. The number of aromatic nitrogens is 1. The number of hydrogen-bond acceptors (Lipinski definition) is 3. The molecule has 0 atom stereocenters. The van der Waals surface area contributed by atoms with E-state index in [1.165, 1.54) is 12.1 Å². The summed E-state index contributed by atoms with van der Waals surface area (Å²) in [4.78, 5) is 25.9. The Morgan fingerprint density at radius 3 is 3.00 bits per heavy atom. The molecule has 1 aromatic carbocycles. The fraction of sp³-hybridized carbons (Fsp3) is 0.143. The van der Waals surface area contributed by atoms with Crippen molar-refractivity contribution in [2.24, 2.45) is 0 Å². The van der Waals surface area contributed by atoms with Crippen molar-refractivity contribution in [3.05, 3.63) is 52.3 Å². The maximum absolute atomic E-state index is 11.6. The summed E-state index contributed by atoms with van der Waals surface area (Å²) in [7, 11) is 0. The van der Waals surface area contributed by atoms with Gasteiger partial charge in [-0.05, 0) is 24.6 Å². The highest BCUT2D eigenvalue weighted by atomic mass is 16.5. The van der Waals surface area contributed by atoms with Crippen LogP contribution in [0.5, 0.6) is 0 Å². The first-order chi connectivity index (χ1) is 8.72. The minimum atomic E-state index is -0.396. The van der Waals surface area contributed by atoms with Gasteiger partial charge < -0.3 is 9.72 Å². The number of H-pyrrole nitrogens is 1. The minimum absolute atomic E-state index is 0.0462. The molecule has 0 amide bonds. The Morgan fingerprint density at radius 2 is 2.22 bits per heavy atom. The van der Waals surface area contributed by atoms with Gasteiger partial charge in [0.2, 0.25) is 0 Å². The Kier molecular flexibility index (Phi) is 3.57. The maximum Gasteiger partial charge on any atom is 0.330 e. The normalized spacial score (nSPS) is 10.9. The molecule has 0 unspecified atom stereocenters. The third-order valence-electron chi connectivity index (χ3n) is 2.51. The molecule has 1 heterocycles. The van der Waals surface area contributed by atoms with E-state index in [1.807, 2.05) is 6.07 Å². The summed E-state index contributed by atoms with van der Waals surface area (Å²) in [5.74, 6) is -0.396. The van der Waals surface area contributed by atoms with Crippen molar-refractivity contribution >= 4 is 22.9 Å². The number of esters is 1. The summed E-state index contributed by atoms with van der Waals surface area (Å²) in [5, 5.41) is 0.600. The van der Waals surface area contributed by atoms with Crippen LogP contribution < -0.4 is 5.43 Å². The van der Waals surface area contributed by atoms with Gasteiger partial charge >= 0.3 is 5.97 Å². The lowest BCUT2D eigenvalue weighted by Crippen LogP contribution is -2.01. The molecule has 2 aromatic rings. The molecule has 1 N–H and O–H groups in total. The van der Waals surface area contributed by atoms with Crippen molar-refractivity contribution in [2.75, 3.05) is 6.61 Å². The molecule has 0 saturated carbocycles. The highest BCUT2D eigenvalue weighted by Gasteiger charge is 2.01. The Morgan fingerprint density at radius 1 is 1.39 bits per heavy atom. The Hall–Kier alpha value is -2.36. The summed E-state index contributed by atoms with van der Waals surface area (Å²) in [6.45, 7) is 2.09. The van der Waals surface area contributed by atoms with E-state index >= 15 is 0 Å². The summed E-state index contributed by atoms with van der Waals surface area (Å²) in [6, 6.07) is 6.83. The molecule has 0 saturated heterocycles. The molecule has 92 valence electrons. The lowest BCUT2D eigenvalue weighted by atomic mass is 10.1. The number of aromatic amines is 1. The largest absolute Gasteiger partial charge is 0.463 e. The van der Waals surface area contributed by atoms with Crippen molar-refractivity contribution in [2.45, 2.75) is 6.92 Å². The van der Waals surface area contributed by atoms with Crippen LogP contribution in [0.1, 0.15) is 12.5 Å². The molecular formula is C14H13NO3. The molecule has 2 rings (SSSR count). The van der Waals surface area contributed by atoms with Crippen LogP contribution in [0.2, 0.25) is 0 Å². The molecule has 4 heteroatoms. The fourth-order valence-electron chi connectivity index (χ4n) is 1.71. The van der Waals surface area contributed by atoms with Gasteiger partial charge in [-0.2, -0.15) is 0 Å². The number of nitrogens with one attached hydrogen (secondary N) is 1. The fourth-order valence-corrected chi connectivity index (χ4v) is 1.71. The van der Waals surface area contributed by atoms with Crippen LogP contribution in [-0.2, 0) is 9.53 Å². The molecular weight excluding hydrogens is 230 g/mol. The quantitative estimate of drug-likeness (QED) is 0.663. The van der Waals surface area contributed by atoms with E-state index in [9.17, 15) is 9.59 Å². The number of rotatable bonds is 3. The third-order valence-corrected chi connectivity index (χ3v) is 2.51. The van der Waals surface area contributed by atoms with E-state index in [0.717, 1.165) is 5.56 Å². The number of carbonyl (C=O) groups excluding carboxylic acids is 1. The second-order valence-electron chi connectivity index (χ2n) is 3.70. The highest BCUT2D eigenvalue weighted by Crippen LogP contribution is 2.14. The van der Waals surface area contributed by atoms with Crippen molar-refractivity contribution in [3.63, 3.8) is 0 Å². The van der Waals surface area contributed by atoms with Gasteiger partial charge in [0.05, 0.1) is 12.1 Å². The summed E-state index contributed by atoms with van der Waals surface area (Å²) >= 11 is 0. The van der Waals surface area contributed by atoms with Crippen LogP contribution >= 0.6 is 0 Å². The smallest absolute Gasteiger partial charge is 0.330 e. The molecule has 0 fully saturated rings. The molecule has 0 aliphatic carbocycles. The Labute approximate surface area is 104 Å². The van der Waals surface area contributed by atoms with Crippen LogP contribution in [0.15, 0.2) is 41.3 Å². The predicted octanol–water partition coefficient (Wildman–Crippen LogP) is 2.10. The number of para-hydroxylation sites is 1. The maximum atomic E-state index is 11.6. The lowest BCUT2D eigenvalue weighted by Gasteiger charge is -2.01. The van der Waals surface area contributed by atoms with Crippen LogP contribution in [0.4, 0.5) is 0 Å². The number of pyridine rings is 1. The van der Waals surface area contributed by atoms with Crippen LogP contribution in [0.25, 0.3) is 17.0 Å². The molecule has 1 aromatic heterocycles. The molecule has 4 nitrogen and oxygen atoms in total. The van der Waals surface area contributed by atoms with Gasteiger partial charge in [-0.25, -0.2) is 4.79 Å². The van der Waals surface area contributed by atoms with Crippen LogP contribution in [0, 0.1) is 0 Å². The van der Waals surface area contributed by atoms with Crippen molar-refractivity contribution in [3.8, 4) is 0 Å². The van der Waals surface area contributed by atoms with Crippen LogP contribution in [-0.4, -0.2) is 17.6 Å². The second kappa shape index (κ2) is 5.31. The standard InChI is InChI=1S/C14H13NO3/c1-2-18-13(17)7-6-10-4-3-5-11-12(16)8-9-15-14(10)11/h3-9H,2H2,1H3,(H,15,16). The molecule has 18 heavy (non-hydrogen) atoms. The SMILES string of the molecule is CCOC(=O)C=Cc1cccc2c(=O)cc[nH]c12. The topological polar surface area (TPSA) is 59.2 Å². The highest BCUT2D eigenvalue weighted by molar-refractivity contribution is 5.92. The Bertz CT molecular complexity index is 655. The van der Waals surface area contributed by atoms with Gasteiger partial charge in [0.25, 0.3) is 0 Å². The van der Waals surface area contributed by atoms with Crippen molar-refractivity contribution in [1.82, 2.24) is 4.98 Å². The zero-order chi connectivity index (χ0) is 13.0. The lowest BCUT2D eigenvalue weighted by molar-refractivity contribution is -0.137. The van der Waals surface area contributed by atoms with Crippen molar-refractivity contribution < 1.29 is 9.53 Å². The molecule has 0 bridgehead atoms. The zero-order valence-corrected chi connectivity index (χ0v) is 9.97. The van der Waals surface area contributed by atoms with E-state index in [2.05, 4.69) is 4.98 Å². The first-order valence-electron chi connectivity index (χ1n) is 5.67. The monoisotopic (exact) mass is 243 g/mol. The first kappa shape index (κ1) is 12.1. The average Bonchev–Trinajstić information content (AvgIpc) is 2.37. The summed E-state index contributed by atoms with van der Waals surface area (Å²) < 4.78 is 4.80. The van der Waals surface area contributed by atoms with E-state index in [1.54, 1.807) is 31.3 Å². The number of benzene rings is 1. The van der Waals surface area contributed by atoms with E-state index in [0.29, 0.717) is 17.5 Å². The van der Waals surface area contributed by atoms with Gasteiger partial charge in [-0.15, -0.1) is 0 Å². The molecule has 0 aliphatic rings. The molecule has 0 radical (unpaired) electrons. The number of ether oxygens (including phenoxy) is 1. The number of hydrogen-bond donors (Lipinski definition) is 1.